The van der Waals surface area contributed by atoms with Crippen molar-refractivity contribution in [3.05, 3.63) is 98.2 Å². The highest BCUT2D eigenvalue weighted by Crippen LogP contribution is 2.28. The summed E-state index contributed by atoms with van der Waals surface area (Å²) in [7, 11) is -3.47. The molecule has 3 heteroatoms. The summed E-state index contributed by atoms with van der Waals surface area (Å²) in [5.74, 6) is 0. The number of benzene rings is 3. The number of hydrogen-bond acceptors (Lipinski definition) is 2. The molecule has 0 aromatic heterocycles. The van der Waals surface area contributed by atoms with E-state index in [1.165, 1.54) is 26.8 Å². The zero-order valence-electron chi connectivity index (χ0n) is 15.9. The maximum atomic E-state index is 13.4. The van der Waals surface area contributed by atoms with Gasteiger partial charge in [-0.25, -0.2) is 8.42 Å². The van der Waals surface area contributed by atoms with Crippen LogP contribution in [0.25, 0.3) is 11.0 Å². The van der Waals surface area contributed by atoms with Gasteiger partial charge in [-0.15, -0.1) is 0 Å². The molecule has 0 amide bonds. The Hall–Kier alpha value is -2.65. The molecule has 0 radical (unpaired) electrons. The normalized spacial score (nSPS) is 15.2. The van der Waals surface area contributed by atoms with Gasteiger partial charge in [0.05, 0.1) is 9.80 Å². The first kappa shape index (κ1) is 17.4. The molecule has 5 rings (SSSR count). The molecule has 0 aliphatic heterocycles. The average Bonchev–Trinajstić information content (AvgIpc) is 2.73. The van der Waals surface area contributed by atoms with Gasteiger partial charge in [-0.2, -0.15) is 0 Å². The number of aryl methyl sites for hydroxylation is 1. The van der Waals surface area contributed by atoms with E-state index in [-0.39, 0.29) is 0 Å². The van der Waals surface area contributed by atoms with E-state index in [1.54, 1.807) is 12.1 Å². The SMILES string of the molecule is Cc1ccc(S(=O)(=O)C2=c3ccc4c(c3CCC2)CC=c2ccccc2=4)cc1. The highest BCUT2D eigenvalue weighted by molar-refractivity contribution is 8.00. The van der Waals surface area contributed by atoms with E-state index in [0.29, 0.717) is 16.2 Å². The fourth-order valence-electron chi connectivity index (χ4n) is 4.56. The van der Waals surface area contributed by atoms with Crippen molar-refractivity contribution in [1.29, 1.82) is 0 Å². The predicted molar refractivity (Wildman–Crippen MR) is 113 cm³/mol. The van der Waals surface area contributed by atoms with Gasteiger partial charge in [-0.05, 0) is 76.7 Å². The second kappa shape index (κ2) is 6.46. The van der Waals surface area contributed by atoms with Crippen LogP contribution in [0.5, 0.6) is 0 Å². The lowest BCUT2D eigenvalue weighted by molar-refractivity contribution is 0.603. The Balaban J connectivity index is 1.83. The van der Waals surface area contributed by atoms with Crippen molar-refractivity contribution in [3.63, 3.8) is 0 Å². The zero-order chi connectivity index (χ0) is 19.3. The second-order valence-electron chi connectivity index (χ2n) is 7.71. The Morgan fingerprint density at radius 3 is 2.32 bits per heavy atom. The molecule has 2 aliphatic carbocycles. The zero-order valence-corrected chi connectivity index (χ0v) is 16.7. The molecule has 0 N–H and O–H groups in total. The number of fused-ring (bicyclic) bond motifs is 4. The van der Waals surface area contributed by atoms with Gasteiger partial charge in [0.25, 0.3) is 0 Å². The van der Waals surface area contributed by atoms with Gasteiger partial charge in [0.2, 0.25) is 9.84 Å². The quantitative estimate of drug-likeness (QED) is 0.675. The van der Waals surface area contributed by atoms with Crippen LogP contribution in [0.4, 0.5) is 0 Å². The summed E-state index contributed by atoms with van der Waals surface area (Å²) in [6, 6.07) is 19.8. The van der Waals surface area contributed by atoms with E-state index in [1.807, 2.05) is 25.1 Å². The van der Waals surface area contributed by atoms with E-state index >= 15 is 0 Å². The minimum Gasteiger partial charge on any atom is -0.219 e. The van der Waals surface area contributed by atoms with E-state index < -0.39 is 9.84 Å². The molecule has 0 atom stereocenters. The second-order valence-corrected chi connectivity index (χ2v) is 9.68. The fraction of sp³-hybridized carbons (Fsp3) is 0.200. The summed E-state index contributed by atoms with van der Waals surface area (Å²) in [6.45, 7) is 1.97. The van der Waals surface area contributed by atoms with Crippen LogP contribution in [0.3, 0.4) is 0 Å². The summed E-state index contributed by atoms with van der Waals surface area (Å²) in [5, 5.41) is 4.70. The number of rotatable bonds is 2. The molecule has 2 aliphatic rings. The van der Waals surface area contributed by atoms with Gasteiger partial charge >= 0.3 is 0 Å². The molecule has 3 aromatic rings. The molecule has 0 saturated heterocycles. The molecule has 0 saturated carbocycles. The van der Waals surface area contributed by atoms with Crippen molar-refractivity contribution in [2.45, 2.75) is 37.5 Å². The van der Waals surface area contributed by atoms with Crippen LogP contribution in [-0.2, 0) is 22.7 Å². The lowest BCUT2D eigenvalue weighted by Crippen LogP contribution is -2.26. The lowest BCUT2D eigenvalue weighted by Gasteiger charge is -2.20. The summed E-state index contributed by atoms with van der Waals surface area (Å²) in [5.41, 5.74) is 3.59. The van der Waals surface area contributed by atoms with Crippen LogP contribution < -0.4 is 10.4 Å². The van der Waals surface area contributed by atoms with E-state index in [0.717, 1.165) is 30.0 Å². The van der Waals surface area contributed by atoms with Crippen LogP contribution in [0, 0.1) is 17.4 Å². The van der Waals surface area contributed by atoms with Gasteiger partial charge in [-0.3, -0.25) is 0 Å². The topological polar surface area (TPSA) is 34.1 Å². The van der Waals surface area contributed by atoms with Crippen LogP contribution in [0.2, 0.25) is 0 Å². The van der Waals surface area contributed by atoms with Crippen molar-refractivity contribution in [2.24, 2.45) is 0 Å². The Bertz CT molecular complexity index is 1410. The summed E-state index contributed by atoms with van der Waals surface area (Å²) >= 11 is 0. The monoisotopic (exact) mass is 386 g/mol. The van der Waals surface area contributed by atoms with Gasteiger partial charge in [0.15, 0.2) is 0 Å². The summed E-state index contributed by atoms with van der Waals surface area (Å²) in [6.07, 6.45) is 5.57. The molecular weight excluding hydrogens is 364 g/mol. The van der Waals surface area contributed by atoms with Crippen molar-refractivity contribution >= 4 is 20.8 Å². The van der Waals surface area contributed by atoms with E-state index in [2.05, 4.69) is 36.4 Å². The van der Waals surface area contributed by atoms with E-state index in [9.17, 15) is 8.42 Å². The van der Waals surface area contributed by atoms with Crippen molar-refractivity contribution in [2.75, 3.05) is 0 Å². The minimum atomic E-state index is -3.47. The standard InChI is InChI=1S/C25H22O2S/c1-17-9-12-19(13-10-17)28(26,27)25-8-4-7-21-23-14-11-18-5-2-3-6-20(18)22(23)15-16-24(21)25/h2-3,5-6,9-13,15-16H,4,7-8,14H2,1H3. The number of sulfone groups is 1. The van der Waals surface area contributed by atoms with Gasteiger partial charge in [-0.1, -0.05) is 60.2 Å². The molecule has 140 valence electrons. The highest BCUT2D eigenvalue weighted by atomic mass is 32.2. The van der Waals surface area contributed by atoms with Crippen LogP contribution >= 0.6 is 0 Å². The molecule has 0 bridgehead atoms. The number of hydrogen-bond donors (Lipinski definition) is 0. The molecular formula is C25H22O2S. The molecule has 0 unspecified atom stereocenters. The molecule has 0 spiro atoms. The van der Waals surface area contributed by atoms with Crippen molar-refractivity contribution in [3.8, 4) is 0 Å². The molecule has 3 aromatic carbocycles. The van der Waals surface area contributed by atoms with Crippen LogP contribution in [0.15, 0.2) is 65.6 Å². The first-order valence-corrected chi connectivity index (χ1v) is 11.3. The molecule has 0 heterocycles. The van der Waals surface area contributed by atoms with Crippen LogP contribution in [0.1, 0.15) is 29.5 Å². The molecule has 28 heavy (non-hydrogen) atoms. The Morgan fingerprint density at radius 1 is 0.750 bits per heavy atom. The van der Waals surface area contributed by atoms with Crippen molar-refractivity contribution < 1.29 is 8.42 Å². The van der Waals surface area contributed by atoms with Crippen molar-refractivity contribution in [1.82, 2.24) is 0 Å². The van der Waals surface area contributed by atoms with E-state index in [4.69, 9.17) is 0 Å². The Kier molecular flexibility index (Phi) is 4.02. The minimum absolute atomic E-state index is 0.399. The first-order valence-electron chi connectivity index (χ1n) is 9.81. The Labute approximate surface area is 165 Å². The third-order valence-corrected chi connectivity index (χ3v) is 7.96. The van der Waals surface area contributed by atoms with Crippen LogP contribution in [-0.4, -0.2) is 8.42 Å². The average molecular weight is 387 g/mol. The fourth-order valence-corrected chi connectivity index (χ4v) is 6.23. The predicted octanol–water partition coefficient (Wildman–Crippen LogP) is 3.54. The third kappa shape index (κ3) is 2.65. The molecule has 0 fully saturated rings. The maximum Gasteiger partial charge on any atom is 0.203 e. The largest absolute Gasteiger partial charge is 0.219 e. The van der Waals surface area contributed by atoms with Gasteiger partial charge in [0, 0.05) is 0 Å². The smallest absolute Gasteiger partial charge is 0.203 e. The van der Waals surface area contributed by atoms with Gasteiger partial charge < -0.3 is 0 Å². The molecule has 2 nitrogen and oxygen atoms in total. The Morgan fingerprint density at radius 2 is 1.50 bits per heavy atom. The first-order chi connectivity index (χ1) is 13.6. The van der Waals surface area contributed by atoms with Gasteiger partial charge in [0.1, 0.15) is 0 Å². The lowest BCUT2D eigenvalue weighted by atomic mass is 9.89. The maximum absolute atomic E-state index is 13.4. The third-order valence-electron chi connectivity index (χ3n) is 5.99. The summed E-state index contributed by atoms with van der Waals surface area (Å²) in [4.78, 5) is 0.981. The summed E-state index contributed by atoms with van der Waals surface area (Å²) < 4.78 is 26.8. The highest BCUT2D eigenvalue weighted by Gasteiger charge is 2.25.